The molecule has 1 aromatic carbocycles. The lowest BCUT2D eigenvalue weighted by molar-refractivity contribution is -0.0996. The quantitative estimate of drug-likeness (QED) is 0.936. The van der Waals surface area contributed by atoms with E-state index in [9.17, 15) is 9.50 Å². The fourth-order valence-corrected chi connectivity index (χ4v) is 3.04. The molecule has 0 bridgehead atoms. The van der Waals surface area contributed by atoms with Gasteiger partial charge in [-0.15, -0.1) is 0 Å². The van der Waals surface area contributed by atoms with Gasteiger partial charge in [-0.25, -0.2) is 9.37 Å². The average Bonchev–Trinajstić information content (AvgIpc) is 2.87. The first kappa shape index (κ1) is 16.0. The van der Waals surface area contributed by atoms with Crippen LogP contribution in [0.15, 0.2) is 36.8 Å². The molecule has 1 aromatic heterocycles. The summed E-state index contributed by atoms with van der Waals surface area (Å²) < 4.78 is 21.1. The van der Waals surface area contributed by atoms with E-state index in [-0.39, 0.29) is 11.9 Å². The Balaban J connectivity index is 1.64. The highest BCUT2D eigenvalue weighted by Gasteiger charge is 2.39. The second-order valence-corrected chi connectivity index (χ2v) is 6.42. The SMILES string of the molecule is Cn1cncc1CN1CC[C@H](Oc2cccc(F)c2)[C@@](C)(O)C1. The maximum Gasteiger partial charge on any atom is 0.129 e. The van der Waals surface area contributed by atoms with Crippen LogP contribution < -0.4 is 4.74 Å². The van der Waals surface area contributed by atoms with E-state index in [4.69, 9.17) is 4.74 Å². The molecular formula is C17H22FN3O2. The van der Waals surface area contributed by atoms with Gasteiger partial charge >= 0.3 is 0 Å². The van der Waals surface area contributed by atoms with Crippen molar-refractivity contribution < 1.29 is 14.2 Å². The molecule has 1 fully saturated rings. The van der Waals surface area contributed by atoms with Crippen molar-refractivity contribution in [3.63, 3.8) is 0 Å². The third-order valence-electron chi connectivity index (χ3n) is 4.32. The van der Waals surface area contributed by atoms with Gasteiger partial charge in [-0.05, 0) is 25.5 Å². The van der Waals surface area contributed by atoms with Crippen LogP contribution in [0.1, 0.15) is 19.0 Å². The normalized spacial score (nSPS) is 25.5. The van der Waals surface area contributed by atoms with Crippen LogP contribution in [0.5, 0.6) is 5.75 Å². The van der Waals surface area contributed by atoms with Gasteiger partial charge in [0.15, 0.2) is 0 Å². The summed E-state index contributed by atoms with van der Waals surface area (Å²) in [4.78, 5) is 6.30. The zero-order chi connectivity index (χ0) is 16.4. The molecule has 23 heavy (non-hydrogen) atoms. The Kier molecular flexibility index (Phi) is 4.37. The summed E-state index contributed by atoms with van der Waals surface area (Å²) >= 11 is 0. The molecule has 0 unspecified atom stereocenters. The number of aryl methyl sites for hydroxylation is 1. The molecule has 6 heteroatoms. The summed E-state index contributed by atoms with van der Waals surface area (Å²) in [7, 11) is 1.96. The van der Waals surface area contributed by atoms with E-state index in [1.54, 1.807) is 25.4 Å². The molecular weight excluding hydrogens is 297 g/mol. The minimum Gasteiger partial charge on any atom is -0.487 e. The first-order chi connectivity index (χ1) is 10.9. The van der Waals surface area contributed by atoms with Gasteiger partial charge in [0.2, 0.25) is 0 Å². The number of aliphatic hydroxyl groups is 1. The average molecular weight is 319 g/mol. The minimum atomic E-state index is -0.997. The van der Waals surface area contributed by atoms with Crippen molar-refractivity contribution in [2.45, 2.75) is 31.6 Å². The molecule has 124 valence electrons. The zero-order valence-electron chi connectivity index (χ0n) is 13.4. The van der Waals surface area contributed by atoms with Gasteiger partial charge in [0.05, 0.1) is 12.0 Å². The van der Waals surface area contributed by atoms with Crippen LogP contribution in [0.4, 0.5) is 4.39 Å². The lowest BCUT2D eigenvalue weighted by atomic mass is 9.91. The van der Waals surface area contributed by atoms with Crippen molar-refractivity contribution in [3.05, 3.63) is 48.3 Å². The monoisotopic (exact) mass is 319 g/mol. The van der Waals surface area contributed by atoms with Crippen molar-refractivity contribution >= 4 is 0 Å². The minimum absolute atomic E-state index is 0.337. The number of hydrogen-bond donors (Lipinski definition) is 1. The Bertz CT molecular complexity index is 671. The largest absolute Gasteiger partial charge is 0.487 e. The van der Waals surface area contributed by atoms with E-state index in [1.165, 1.54) is 12.1 Å². The number of hydrogen-bond acceptors (Lipinski definition) is 4. The molecule has 2 heterocycles. The van der Waals surface area contributed by atoms with Crippen LogP contribution in [-0.2, 0) is 13.6 Å². The number of rotatable bonds is 4. The molecule has 1 N–H and O–H groups in total. The molecule has 3 rings (SSSR count). The molecule has 0 saturated carbocycles. The summed E-state index contributed by atoms with van der Waals surface area (Å²) in [6, 6.07) is 6.04. The summed E-state index contributed by atoms with van der Waals surface area (Å²) in [5.74, 6) is 0.117. The number of piperidine rings is 1. The van der Waals surface area contributed by atoms with Gasteiger partial charge in [-0.1, -0.05) is 6.07 Å². The first-order valence-electron chi connectivity index (χ1n) is 7.76. The Morgan fingerprint density at radius 2 is 2.30 bits per heavy atom. The van der Waals surface area contributed by atoms with E-state index >= 15 is 0 Å². The summed E-state index contributed by atoms with van der Waals surface area (Å²) in [5.41, 5.74) is 0.105. The number of aromatic nitrogens is 2. The second-order valence-electron chi connectivity index (χ2n) is 6.42. The topological polar surface area (TPSA) is 50.5 Å². The number of imidazole rings is 1. The standard InChI is InChI=1S/C17H22FN3O2/c1-17(22)11-21(10-14-9-19-12-20(14)2)7-6-16(17)23-15-5-3-4-13(18)8-15/h3-5,8-9,12,16,22H,6-7,10-11H2,1-2H3/t16-,17-/m0/s1. The predicted octanol–water partition coefficient (Wildman–Crippen LogP) is 1.96. The van der Waals surface area contributed by atoms with E-state index < -0.39 is 5.60 Å². The van der Waals surface area contributed by atoms with Crippen LogP contribution in [-0.4, -0.2) is 44.4 Å². The van der Waals surface area contributed by atoms with Gasteiger partial charge in [-0.2, -0.15) is 0 Å². The number of benzene rings is 1. The van der Waals surface area contributed by atoms with Gasteiger partial charge in [0, 0.05) is 38.9 Å². The molecule has 0 amide bonds. The first-order valence-corrected chi connectivity index (χ1v) is 7.76. The smallest absolute Gasteiger partial charge is 0.129 e. The Labute approximate surface area is 135 Å². The Morgan fingerprint density at radius 1 is 1.48 bits per heavy atom. The molecule has 1 saturated heterocycles. The van der Waals surface area contributed by atoms with Gasteiger partial charge < -0.3 is 14.4 Å². The van der Waals surface area contributed by atoms with Crippen LogP contribution in [0.3, 0.4) is 0 Å². The fraction of sp³-hybridized carbons (Fsp3) is 0.471. The fourth-order valence-electron chi connectivity index (χ4n) is 3.04. The number of nitrogens with zero attached hydrogens (tertiary/aromatic N) is 3. The number of halogens is 1. The van der Waals surface area contributed by atoms with Crippen LogP contribution >= 0.6 is 0 Å². The highest BCUT2D eigenvalue weighted by Crippen LogP contribution is 2.27. The van der Waals surface area contributed by atoms with Crippen molar-refractivity contribution in [2.75, 3.05) is 13.1 Å². The van der Waals surface area contributed by atoms with Crippen LogP contribution in [0, 0.1) is 5.82 Å². The third kappa shape index (κ3) is 3.71. The Hall–Kier alpha value is -1.92. The van der Waals surface area contributed by atoms with Crippen molar-refractivity contribution in [3.8, 4) is 5.75 Å². The van der Waals surface area contributed by atoms with Crippen molar-refractivity contribution in [1.82, 2.24) is 14.5 Å². The summed E-state index contributed by atoms with van der Waals surface area (Å²) in [6.45, 7) is 3.81. The number of ether oxygens (including phenoxy) is 1. The molecule has 2 aromatic rings. The number of β-amino-alcohol motifs (C(OH)–C–C–N with tert-alkyl or cyclic N) is 1. The molecule has 1 aliphatic heterocycles. The van der Waals surface area contributed by atoms with E-state index in [0.717, 1.165) is 18.8 Å². The van der Waals surface area contributed by atoms with E-state index in [1.807, 2.05) is 17.8 Å². The molecule has 5 nitrogen and oxygen atoms in total. The van der Waals surface area contributed by atoms with Gasteiger partial charge in [-0.3, -0.25) is 4.90 Å². The van der Waals surface area contributed by atoms with Crippen molar-refractivity contribution in [1.29, 1.82) is 0 Å². The van der Waals surface area contributed by atoms with E-state index in [2.05, 4.69) is 9.88 Å². The van der Waals surface area contributed by atoms with Gasteiger partial charge in [0.25, 0.3) is 0 Å². The van der Waals surface area contributed by atoms with Crippen LogP contribution in [0.2, 0.25) is 0 Å². The highest BCUT2D eigenvalue weighted by atomic mass is 19.1. The summed E-state index contributed by atoms with van der Waals surface area (Å²) in [6.07, 6.45) is 3.94. The maximum absolute atomic E-state index is 13.3. The zero-order valence-corrected chi connectivity index (χ0v) is 13.4. The lowest BCUT2D eigenvalue weighted by Gasteiger charge is -2.42. The maximum atomic E-state index is 13.3. The third-order valence-corrected chi connectivity index (χ3v) is 4.32. The number of likely N-dealkylation sites (tertiary alicyclic amines) is 1. The van der Waals surface area contributed by atoms with Crippen LogP contribution in [0.25, 0.3) is 0 Å². The molecule has 0 radical (unpaired) electrons. The predicted molar refractivity (Wildman–Crippen MR) is 84.5 cm³/mol. The highest BCUT2D eigenvalue weighted by molar-refractivity contribution is 5.23. The molecule has 0 spiro atoms. The Morgan fingerprint density at radius 3 is 2.96 bits per heavy atom. The van der Waals surface area contributed by atoms with Crippen molar-refractivity contribution in [2.24, 2.45) is 7.05 Å². The second kappa shape index (κ2) is 6.29. The van der Waals surface area contributed by atoms with Gasteiger partial charge in [0.1, 0.15) is 23.3 Å². The lowest BCUT2D eigenvalue weighted by Crippen LogP contribution is -2.56. The molecule has 0 aliphatic carbocycles. The summed E-state index contributed by atoms with van der Waals surface area (Å²) in [5, 5.41) is 10.8. The van der Waals surface area contributed by atoms with E-state index in [0.29, 0.717) is 18.7 Å². The molecule has 1 aliphatic rings. The molecule has 2 atom stereocenters.